The molecule has 0 saturated carbocycles. The van der Waals surface area contributed by atoms with Gasteiger partial charge in [-0.1, -0.05) is 36.4 Å². The van der Waals surface area contributed by atoms with Crippen molar-refractivity contribution in [1.29, 1.82) is 0 Å². The van der Waals surface area contributed by atoms with E-state index in [1.54, 1.807) is 6.07 Å². The maximum absolute atomic E-state index is 11.9. The molecule has 0 radical (unpaired) electrons. The van der Waals surface area contributed by atoms with Crippen LogP contribution in [0.25, 0.3) is 0 Å². The molecule has 4 heteroatoms. The summed E-state index contributed by atoms with van der Waals surface area (Å²) in [6.07, 6.45) is 3.84. The van der Waals surface area contributed by atoms with E-state index in [1.165, 1.54) is 17.5 Å². The summed E-state index contributed by atoms with van der Waals surface area (Å²) in [6.45, 7) is 0.536. The Morgan fingerprint density at radius 2 is 1.87 bits per heavy atom. The molecule has 4 nitrogen and oxygen atoms in total. The van der Waals surface area contributed by atoms with Crippen LogP contribution in [0.5, 0.6) is 5.75 Å². The molecule has 1 amide bonds. The minimum atomic E-state index is -0.471. The number of phenolic OH excluding ortho intramolecular Hbond substituents is 1. The number of fused-ring (bicyclic) bond motifs is 1. The molecule has 1 aliphatic carbocycles. The second kappa shape index (κ2) is 7.18. The summed E-state index contributed by atoms with van der Waals surface area (Å²) in [7, 11) is 0. The Labute approximate surface area is 136 Å². The molecule has 0 unspecified atom stereocenters. The Bertz CT molecular complexity index is 683. The molecule has 1 aliphatic rings. The van der Waals surface area contributed by atoms with Gasteiger partial charge >= 0.3 is 6.09 Å². The maximum atomic E-state index is 11.9. The van der Waals surface area contributed by atoms with Crippen LogP contribution in [0.15, 0.2) is 42.5 Å². The van der Waals surface area contributed by atoms with Crippen LogP contribution in [0, 0.1) is 0 Å². The third kappa shape index (κ3) is 3.83. The van der Waals surface area contributed by atoms with Crippen molar-refractivity contribution < 1.29 is 14.6 Å². The van der Waals surface area contributed by atoms with Gasteiger partial charge in [-0.05, 0) is 48.4 Å². The second-order valence-electron chi connectivity index (χ2n) is 5.82. The molecule has 2 aromatic rings. The van der Waals surface area contributed by atoms with Crippen molar-refractivity contribution in [2.45, 2.75) is 38.8 Å². The highest BCUT2D eigenvalue weighted by Gasteiger charge is 2.17. The zero-order chi connectivity index (χ0) is 16.1. The van der Waals surface area contributed by atoms with E-state index < -0.39 is 6.09 Å². The zero-order valence-corrected chi connectivity index (χ0v) is 13.0. The Balaban J connectivity index is 1.59. The lowest BCUT2D eigenvalue weighted by Gasteiger charge is -2.20. The summed E-state index contributed by atoms with van der Waals surface area (Å²) in [4.78, 5) is 11.9. The molecule has 2 N–H and O–H groups in total. The first-order valence-electron chi connectivity index (χ1n) is 8.01. The van der Waals surface area contributed by atoms with Crippen LogP contribution < -0.4 is 5.32 Å². The van der Waals surface area contributed by atoms with Crippen LogP contribution in [0.2, 0.25) is 0 Å². The summed E-state index contributed by atoms with van der Waals surface area (Å²) in [5.41, 5.74) is 4.23. The number of benzene rings is 2. The Hall–Kier alpha value is -2.49. The number of amides is 1. The highest BCUT2D eigenvalue weighted by atomic mass is 16.5. The van der Waals surface area contributed by atoms with Crippen molar-refractivity contribution >= 4 is 6.09 Å². The van der Waals surface area contributed by atoms with Gasteiger partial charge in [0.25, 0.3) is 0 Å². The monoisotopic (exact) mass is 311 g/mol. The smallest absolute Gasteiger partial charge is 0.407 e. The predicted molar refractivity (Wildman–Crippen MR) is 88.2 cm³/mol. The number of ether oxygens (including phenoxy) is 1. The van der Waals surface area contributed by atoms with Gasteiger partial charge in [0.15, 0.2) is 0 Å². The van der Waals surface area contributed by atoms with E-state index in [4.69, 9.17) is 4.74 Å². The molecule has 0 atom stereocenters. The molecule has 2 aromatic carbocycles. The predicted octanol–water partition coefficient (Wildman–Crippen LogP) is 3.70. The molecule has 3 rings (SSSR count). The molecule has 0 heterocycles. The van der Waals surface area contributed by atoms with Gasteiger partial charge in [0, 0.05) is 5.56 Å². The van der Waals surface area contributed by atoms with Gasteiger partial charge in [0.2, 0.25) is 0 Å². The van der Waals surface area contributed by atoms with Crippen LogP contribution in [-0.4, -0.2) is 11.2 Å². The van der Waals surface area contributed by atoms with Crippen LogP contribution in [0.3, 0.4) is 0 Å². The van der Waals surface area contributed by atoms with E-state index in [-0.39, 0.29) is 12.4 Å². The third-order valence-electron chi connectivity index (χ3n) is 4.25. The summed E-state index contributed by atoms with van der Waals surface area (Å²) < 4.78 is 5.20. The number of hydrogen-bond donors (Lipinski definition) is 2. The Morgan fingerprint density at radius 3 is 2.70 bits per heavy atom. The largest absolute Gasteiger partial charge is 0.508 e. The summed E-state index contributed by atoms with van der Waals surface area (Å²) in [6, 6.07) is 13.3. The maximum Gasteiger partial charge on any atom is 0.407 e. The summed E-state index contributed by atoms with van der Waals surface area (Å²) in [5, 5.41) is 12.8. The molecule has 0 fully saturated rings. The third-order valence-corrected chi connectivity index (χ3v) is 4.25. The van der Waals surface area contributed by atoms with Gasteiger partial charge in [-0.2, -0.15) is 0 Å². The van der Waals surface area contributed by atoms with Crippen LogP contribution in [-0.2, 0) is 30.7 Å². The number of hydrogen-bond acceptors (Lipinski definition) is 3. The zero-order valence-electron chi connectivity index (χ0n) is 13.0. The molecular weight excluding hydrogens is 290 g/mol. The quantitative estimate of drug-likeness (QED) is 0.905. The minimum absolute atomic E-state index is 0.242. The number of alkyl carbamates (subject to hydrolysis) is 1. The fourth-order valence-electron chi connectivity index (χ4n) is 3.02. The van der Waals surface area contributed by atoms with E-state index in [0.717, 1.165) is 30.4 Å². The van der Waals surface area contributed by atoms with Gasteiger partial charge in [-0.25, -0.2) is 4.79 Å². The molecular formula is C19H21NO3. The average molecular weight is 311 g/mol. The Kier molecular flexibility index (Phi) is 4.81. The van der Waals surface area contributed by atoms with Crippen molar-refractivity contribution in [1.82, 2.24) is 5.32 Å². The molecule has 0 aliphatic heterocycles. The first-order chi connectivity index (χ1) is 11.2. The fourth-order valence-corrected chi connectivity index (χ4v) is 3.02. The Morgan fingerprint density at radius 1 is 1.09 bits per heavy atom. The van der Waals surface area contributed by atoms with Gasteiger partial charge in [0.1, 0.15) is 12.4 Å². The van der Waals surface area contributed by atoms with Crippen molar-refractivity contribution in [2.75, 3.05) is 0 Å². The molecule has 0 saturated heterocycles. The van der Waals surface area contributed by atoms with E-state index in [9.17, 15) is 9.90 Å². The van der Waals surface area contributed by atoms with Crippen molar-refractivity contribution in [3.63, 3.8) is 0 Å². The lowest BCUT2D eigenvalue weighted by molar-refractivity contribution is 0.139. The normalized spacial score (nSPS) is 13.2. The molecule has 23 heavy (non-hydrogen) atoms. The van der Waals surface area contributed by atoms with E-state index in [1.807, 2.05) is 36.4 Å². The SMILES string of the molecule is O=C(NCc1c(O)ccc2c1CCCC2)OCc1ccccc1. The lowest BCUT2D eigenvalue weighted by Crippen LogP contribution is -2.24. The summed E-state index contributed by atoms with van der Waals surface area (Å²) in [5.74, 6) is 0.244. The number of aromatic hydroxyl groups is 1. The minimum Gasteiger partial charge on any atom is -0.508 e. The first-order valence-corrected chi connectivity index (χ1v) is 8.01. The fraction of sp³-hybridized carbons (Fsp3) is 0.316. The summed E-state index contributed by atoms with van der Waals surface area (Å²) >= 11 is 0. The van der Waals surface area contributed by atoms with Crippen molar-refractivity contribution in [3.05, 3.63) is 64.7 Å². The van der Waals surface area contributed by atoms with Crippen LogP contribution in [0.1, 0.15) is 35.1 Å². The highest BCUT2D eigenvalue weighted by molar-refractivity contribution is 5.67. The number of carbonyl (C=O) groups excluding carboxylic acids is 1. The van der Waals surface area contributed by atoms with Gasteiger partial charge in [0.05, 0.1) is 6.54 Å². The van der Waals surface area contributed by atoms with E-state index >= 15 is 0 Å². The first kappa shape index (κ1) is 15.4. The highest BCUT2D eigenvalue weighted by Crippen LogP contribution is 2.30. The molecule has 0 spiro atoms. The van der Waals surface area contributed by atoms with Gasteiger partial charge in [-0.15, -0.1) is 0 Å². The number of carbonyl (C=O) groups is 1. The second-order valence-corrected chi connectivity index (χ2v) is 5.82. The number of nitrogens with one attached hydrogen (secondary N) is 1. The van der Waals surface area contributed by atoms with Crippen molar-refractivity contribution in [2.24, 2.45) is 0 Å². The topological polar surface area (TPSA) is 58.6 Å². The molecule has 0 bridgehead atoms. The van der Waals surface area contributed by atoms with E-state index in [2.05, 4.69) is 5.32 Å². The number of rotatable bonds is 4. The van der Waals surface area contributed by atoms with Crippen LogP contribution in [0.4, 0.5) is 4.79 Å². The lowest BCUT2D eigenvalue weighted by atomic mass is 9.88. The van der Waals surface area contributed by atoms with E-state index in [0.29, 0.717) is 6.54 Å². The molecule has 0 aromatic heterocycles. The number of phenols is 1. The van der Waals surface area contributed by atoms with Crippen molar-refractivity contribution in [3.8, 4) is 5.75 Å². The number of aryl methyl sites for hydroxylation is 1. The van der Waals surface area contributed by atoms with Gasteiger partial charge in [-0.3, -0.25) is 0 Å². The van der Waals surface area contributed by atoms with Gasteiger partial charge < -0.3 is 15.2 Å². The average Bonchev–Trinajstić information content (AvgIpc) is 2.60. The standard InChI is InChI=1S/C19H21NO3/c21-18-11-10-15-8-4-5-9-16(15)17(18)12-20-19(22)23-13-14-6-2-1-3-7-14/h1-3,6-7,10-11,21H,4-5,8-9,12-13H2,(H,20,22). The van der Waals surface area contributed by atoms with Crippen LogP contribution >= 0.6 is 0 Å². The molecule has 120 valence electrons.